The Hall–Kier alpha value is -3.66. The summed E-state index contributed by atoms with van der Waals surface area (Å²) in [6.45, 7) is 4.69. The Morgan fingerprint density at radius 1 is 0.867 bits per heavy atom. The molecule has 0 spiro atoms. The Labute approximate surface area is 176 Å². The van der Waals surface area contributed by atoms with Crippen LogP contribution in [0.15, 0.2) is 78.9 Å². The third kappa shape index (κ3) is 3.11. The highest BCUT2D eigenvalue weighted by atomic mass is 16.2. The van der Waals surface area contributed by atoms with Gasteiger partial charge in [0, 0.05) is 17.7 Å². The quantitative estimate of drug-likeness (QED) is 0.502. The standard InChI is InChI=1S/C26H23N3O/c1-17-8-12-20(13-9-17)23-22-24(28-27-23)26(30)29(16-19-6-4-3-5-7-19)25(22)21-14-10-18(2)11-15-21/h3-15,25H,16H2,1-2H3,(H,27,28). The van der Waals surface area contributed by atoms with Crippen LogP contribution < -0.4 is 0 Å². The zero-order valence-corrected chi connectivity index (χ0v) is 17.1. The SMILES string of the molecule is Cc1ccc(-c2n[nH]c3c2C(c2ccc(C)cc2)N(Cc2ccccc2)C3=O)cc1. The van der Waals surface area contributed by atoms with Crippen molar-refractivity contribution in [2.24, 2.45) is 0 Å². The molecular weight excluding hydrogens is 370 g/mol. The molecule has 1 unspecified atom stereocenters. The van der Waals surface area contributed by atoms with Gasteiger partial charge >= 0.3 is 0 Å². The number of benzene rings is 3. The van der Waals surface area contributed by atoms with Gasteiger partial charge in [-0.1, -0.05) is 90.0 Å². The van der Waals surface area contributed by atoms with Crippen LogP contribution in [0.4, 0.5) is 0 Å². The third-order valence-corrected chi connectivity index (χ3v) is 5.78. The van der Waals surface area contributed by atoms with E-state index in [2.05, 4.69) is 84.7 Å². The van der Waals surface area contributed by atoms with E-state index in [-0.39, 0.29) is 11.9 Å². The minimum Gasteiger partial charge on any atom is -0.322 e. The number of carbonyl (C=O) groups is 1. The van der Waals surface area contributed by atoms with Crippen LogP contribution in [0, 0.1) is 13.8 Å². The summed E-state index contributed by atoms with van der Waals surface area (Å²) < 4.78 is 0. The summed E-state index contributed by atoms with van der Waals surface area (Å²) in [7, 11) is 0. The predicted molar refractivity (Wildman–Crippen MR) is 118 cm³/mol. The van der Waals surface area contributed by atoms with Gasteiger partial charge in [0.15, 0.2) is 0 Å². The van der Waals surface area contributed by atoms with E-state index >= 15 is 0 Å². The molecule has 148 valence electrons. The van der Waals surface area contributed by atoms with Crippen molar-refractivity contribution < 1.29 is 4.79 Å². The van der Waals surface area contributed by atoms with Gasteiger partial charge in [0.1, 0.15) is 5.69 Å². The molecule has 4 heteroatoms. The first kappa shape index (κ1) is 18.4. The largest absolute Gasteiger partial charge is 0.322 e. The fourth-order valence-corrected chi connectivity index (χ4v) is 4.17. The summed E-state index contributed by atoms with van der Waals surface area (Å²) >= 11 is 0. The summed E-state index contributed by atoms with van der Waals surface area (Å²) in [4.78, 5) is 15.4. The zero-order valence-electron chi connectivity index (χ0n) is 17.1. The summed E-state index contributed by atoms with van der Waals surface area (Å²) in [5.74, 6) is -0.00899. The molecule has 0 saturated heterocycles. The molecule has 5 rings (SSSR count). The smallest absolute Gasteiger partial charge is 0.273 e. The molecule has 1 atom stereocenters. The number of H-pyrrole nitrogens is 1. The molecule has 0 fully saturated rings. The Kier molecular flexibility index (Phi) is 4.47. The van der Waals surface area contributed by atoms with Crippen molar-refractivity contribution in [3.05, 3.63) is 112 Å². The number of hydrogen-bond acceptors (Lipinski definition) is 2. The molecule has 0 radical (unpaired) electrons. The predicted octanol–water partition coefficient (Wildman–Crippen LogP) is 5.44. The molecule has 4 nitrogen and oxygen atoms in total. The van der Waals surface area contributed by atoms with Crippen molar-refractivity contribution in [1.82, 2.24) is 15.1 Å². The number of aryl methyl sites for hydroxylation is 2. The number of fused-ring (bicyclic) bond motifs is 1. The molecule has 3 aromatic carbocycles. The maximum atomic E-state index is 13.4. The van der Waals surface area contributed by atoms with Gasteiger partial charge < -0.3 is 4.90 Å². The topological polar surface area (TPSA) is 49.0 Å². The Bertz CT molecular complexity index is 1190. The molecule has 1 aromatic heterocycles. The number of amides is 1. The first-order valence-corrected chi connectivity index (χ1v) is 10.2. The lowest BCUT2D eigenvalue weighted by Crippen LogP contribution is -2.29. The van der Waals surface area contributed by atoms with E-state index in [9.17, 15) is 4.79 Å². The van der Waals surface area contributed by atoms with Crippen LogP contribution in [-0.2, 0) is 6.54 Å². The van der Waals surface area contributed by atoms with Gasteiger partial charge in [-0.3, -0.25) is 9.89 Å². The molecule has 1 aliphatic rings. The highest BCUT2D eigenvalue weighted by molar-refractivity contribution is 6.00. The molecule has 2 heterocycles. The van der Waals surface area contributed by atoms with Crippen LogP contribution in [0.5, 0.6) is 0 Å². The lowest BCUT2D eigenvalue weighted by atomic mass is 9.95. The molecule has 0 bridgehead atoms. The molecule has 0 aliphatic carbocycles. The summed E-state index contributed by atoms with van der Waals surface area (Å²) in [6.07, 6.45) is 0. The number of hydrogen-bond donors (Lipinski definition) is 1. The number of rotatable bonds is 4. The molecular formula is C26H23N3O. The number of nitrogens with zero attached hydrogens (tertiary/aromatic N) is 2. The van der Waals surface area contributed by atoms with Crippen LogP contribution in [0.25, 0.3) is 11.3 Å². The minimum atomic E-state index is -0.177. The zero-order chi connectivity index (χ0) is 20.7. The maximum Gasteiger partial charge on any atom is 0.273 e. The second-order valence-corrected chi connectivity index (χ2v) is 7.96. The highest BCUT2D eigenvalue weighted by Crippen LogP contribution is 2.43. The van der Waals surface area contributed by atoms with Gasteiger partial charge in [-0.05, 0) is 25.0 Å². The summed E-state index contributed by atoms with van der Waals surface area (Å²) in [6, 6.07) is 26.7. The molecule has 30 heavy (non-hydrogen) atoms. The van der Waals surface area contributed by atoms with Crippen molar-refractivity contribution in [3.63, 3.8) is 0 Å². The molecule has 0 saturated carbocycles. The second-order valence-electron chi connectivity index (χ2n) is 7.96. The van der Waals surface area contributed by atoms with Crippen molar-refractivity contribution in [2.75, 3.05) is 0 Å². The van der Waals surface area contributed by atoms with Crippen LogP contribution >= 0.6 is 0 Å². The van der Waals surface area contributed by atoms with Gasteiger partial charge in [0.2, 0.25) is 0 Å². The summed E-state index contributed by atoms with van der Waals surface area (Å²) in [5, 5.41) is 7.59. The van der Waals surface area contributed by atoms with Crippen molar-refractivity contribution in [3.8, 4) is 11.3 Å². The first-order chi connectivity index (χ1) is 14.6. The molecule has 1 N–H and O–H groups in total. The lowest BCUT2D eigenvalue weighted by Gasteiger charge is -2.26. The number of aromatic nitrogens is 2. The van der Waals surface area contributed by atoms with E-state index < -0.39 is 0 Å². The van der Waals surface area contributed by atoms with Crippen molar-refractivity contribution in [2.45, 2.75) is 26.4 Å². The van der Waals surface area contributed by atoms with Gasteiger partial charge in [-0.25, -0.2) is 0 Å². The van der Waals surface area contributed by atoms with E-state index in [1.54, 1.807) is 0 Å². The van der Waals surface area contributed by atoms with Crippen LogP contribution in [0.2, 0.25) is 0 Å². The number of aromatic amines is 1. The van der Waals surface area contributed by atoms with Crippen LogP contribution in [0.1, 0.15) is 44.3 Å². The van der Waals surface area contributed by atoms with Gasteiger partial charge in [0.25, 0.3) is 5.91 Å². The Balaban J connectivity index is 1.64. The third-order valence-electron chi connectivity index (χ3n) is 5.78. The number of carbonyl (C=O) groups excluding carboxylic acids is 1. The van der Waals surface area contributed by atoms with Crippen LogP contribution in [0.3, 0.4) is 0 Å². The van der Waals surface area contributed by atoms with E-state index in [0.717, 1.165) is 27.9 Å². The molecule has 1 aliphatic heterocycles. The van der Waals surface area contributed by atoms with E-state index in [0.29, 0.717) is 12.2 Å². The van der Waals surface area contributed by atoms with Gasteiger partial charge in [-0.2, -0.15) is 5.10 Å². The Morgan fingerprint density at radius 3 is 2.17 bits per heavy atom. The highest BCUT2D eigenvalue weighted by Gasteiger charge is 2.42. The van der Waals surface area contributed by atoms with E-state index in [1.165, 1.54) is 11.1 Å². The fourth-order valence-electron chi connectivity index (χ4n) is 4.17. The lowest BCUT2D eigenvalue weighted by molar-refractivity contribution is 0.0730. The molecule has 4 aromatic rings. The van der Waals surface area contributed by atoms with Crippen molar-refractivity contribution >= 4 is 5.91 Å². The average Bonchev–Trinajstić information content (AvgIpc) is 3.30. The van der Waals surface area contributed by atoms with Gasteiger partial charge in [-0.15, -0.1) is 0 Å². The molecule has 1 amide bonds. The number of nitrogens with one attached hydrogen (secondary N) is 1. The van der Waals surface area contributed by atoms with Crippen molar-refractivity contribution in [1.29, 1.82) is 0 Å². The minimum absolute atomic E-state index is 0.00899. The summed E-state index contributed by atoms with van der Waals surface area (Å²) in [5.41, 5.74) is 8.02. The van der Waals surface area contributed by atoms with Gasteiger partial charge in [0.05, 0.1) is 11.7 Å². The van der Waals surface area contributed by atoms with E-state index in [1.807, 2.05) is 23.1 Å². The fraction of sp³-hybridized carbons (Fsp3) is 0.154. The monoisotopic (exact) mass is 393 g/mol. The first-order valence-electron chi connectivity index (χ1n) is 10.2. The van der Waals surface area contributed by atoms with E-state index in [4.69, 9.17) is 0 Å². The van der Waals surface area contributed by atoms with Crippen LogP contribution in [-0.4, -0.2) is 21.0 Å². The average molecular weight is 393 g/mol. The normalized spacial score (nSPS) is 15.5. The maximum absolute atomic E-state index is 13.4. The second kappa shape index (κ2) is 7.30. The Morgan fingerprint density at radius 2 is 1.50 bits per heavy atom.